The fourth-order valence-corrected chi connectivity index (χ4v) is 1.06. The molecular formula is C10H7F5O3. The maximum absolute atomic E-state index is 13.1. The van der Waals surface area contributed by atoms with Gasteiger partial charge in [0, 0.05) is 0 Å². The van der Waals surface area contributed by atoms with Gasteiger partial charge in [-0.2, -0.15) is 0 Å². The van der Waals surface area contributed by atoms with E-state index in [1.807, 2.05) is 0 Å². The Morgan fingerprint density at radius 1 is 1.06 bits per heavy atom. The summed E-state index contributed by atoms with van der Waals surface area (Å²) in [7, 11) is 0. The molecule has 1 atom stereocenters. The summed E-state index contributed by atoms with van der Waals surface area (Å²) in [4.78, 5) is 10.4. The number of benzene rings is 1. The lowest BCUT2D eigenvalue weighted by molar-refractivity contribution is -0.150. The van der Waals surface area contributed by atoms with E-state index in [1.54, 1.807) is 0 Å². The topological polar surface area (TPSA) is 46.5 Å². The van der Waals surface area contributed by atoms with Crippen LogP contribution in [-0.2, 0) is 16.1 Å². The summed E-state index contributed by atoms with van der Waals surface area (Å²) in [6.07, 6.45) is -1.44. The van der Waals surface area contributed by atoms with Crippen molar-refractivity contribution in [3.63, 3.8) is 0 Å². The van der Waals surface area contributed by atoms with Crippen LogP contribution in [0.1, 0.15) is 12.5 Å². The highest BCUT2D eigenvalue weighted by Gasteiger charge is 2.26. The van der Waals surface area contributed by atoms with E-state index in [0.717, 1.165) is 6.92 Å². The SMILES string of the molecule is CC(OCc1c(F)c(F)c(F)c(F)c1F)C(=O)O. The predicted molar refractivity (Wildman–Crippen MR) is 48.1 cm³/mol. The minimum atomic E-state index is -2.28. The van der Waals surface area contributed by atoms with Gasteiger partial charge in [0.15, 0.2) is 29.4 Å². The van der Waals surface area contributed by atoms with Crippen molar-refractivity contribution in [1.29, 1.82) is 0 Å². The largest absolute Gasteiger partial charge is 0.479 e. The normalized spacial score (nSPS) is 12.6. The molecule has 0 spiro atoms. The van der Waals surface area contributed by atoms with Crippen molar-refractivity contribution in [3.8, 4) is 0 Å². The molecule has 1 aromatic carbocycles. The molecule has 0 heterocycles. The fraction of sp³-hybridized carbons (Fsp3) is 0.300. The van der Waals surface area contributed by atoms with Gasteiger partial charge in [0.2, 0.25) is 5.82 Å². The van der Waals surface area contributed by atoms with Crippen molar-refractivity contribution < 1.29 is 36.6 Å². The van der Waals surface area contributed by atoms with Gasteiger partial charge < -0.3 is 9.84 Å². The van der Waals surface area contributed by atoms with Gasteiger partial charge in [0.25, 0.3) is 0 Å². The van der Waals surface area contributed by atoms with E-state index in [1.165, 1.54) is 0 Å². The van der Waals surface area contributed by atoms with Crippen LogP contribution >= 0.6 is 0 Å². The smallest absolute Gasteiger partial charge is 0.332 e. The molecule has 0 aliphatic rings. The van der Waals surface area contributed by atoms with Gasteiger partial charge in [-0.1, -0.05) is 0 Å². The van der Waals surface area contributed by atoms with E-state index >= 15 is 0 Å². The standard InChI is InChI=1S/C10H7F5O3/c1-3(10(16)17)18-2-4-5(11)7(13)9(15)8(14)6(4)12/h3H,2H2,1H3,(H,16,17). The average molecular weight is 270 g/mol. The third-order valence-corrected chi connectivity index (χ3v) is 2.13. The molecule has 1 rings (SSSR count). The quantitative estimate of drug-likeness (QED) is 0.519. The second-order valence-electron chi connectivity index (χ2n) is 3.34. The second-order valence-corrected chi connectivity index (χ2v) is 3.34. The van der Waals surface area contributed by atoms with Gasteiger partial charge in [-0.25, -0.2) is 26.7 Å². The molecule has 0 saturated heterocycles. The van der Waals surface area contributed by atoms with Crippen molar-refractivity contribution >= 4 is 5.97 Å². The van der Waals surface area contributed by atoms with Crippen LogP contribution in [0.15, 0.2) is 0 Å². The van der Waals surface area contributed by atoms with Gasteiger partial charge in [-0.15, -0.1) is 0 Å². The molecule has 0 aliphatic heterocycles. The molecule has 100 valence electrons. The molecule has 0 aliphatic carbocycles. The first-order valence-electron chi connectivity index (χ1n) is 4.62. The van der Waals surface area contributed by atoms with E-state index in [4.69, 9.17) is 5.11 Å². The highest BCUT2D eigenvalue weighted by Crippen LogP contribution is 2.23. The first kappa shape index (κ1) is 14.4. The zero-order chi connectivity index (χ0) is 14.0. The Bertz CT molecular complexity index is 460. The Balaban J connectivity index is 3.07. The molecule has 18 heavy (non-hydrogen) atoms. The molecule has 0 saturated carbocycles. The molecule has 0 amide bonds. The highest BCUT2D eigenvalue weighted by molar-refractivity contribution is 5.71. The maximum atomic E-state index is 13.1. The maximum Gasteiger partial charge on any atom is 0.332 e. The molecule has 8 heteroatoms. The van der Waals surface area contributed by atoms with E-state index in [0.29, 0.717) is 0 Å². The van der Waals surface area contributed by atoms with Gasteiger partial charge in [0.1, 0.15) is 0 Å². The van der Waals surface area contributed by atoms with Gasteiger partial charge in [0.05, 0.1) is 12.2 Å². The van der Waals surface area contributed by atoms with Crippen LogP contribution in [0, 0.1) is 29.1 Å². The first-order chi connectivity index (χ1) is 8.27. The molecule has 0 aromatic heterocycles. The molecule has 0 fully saturated rings. The van der Waals surface area contributed by atoms with E-state index in [2.05, 4.69) is 4.74 Å². The Labute approximate surface area is 97.8 Å². The van der Waals surface area contributed by atoms with Crippen molar-refractivity contribution in [2.24, 2.45) is 0 Å². The Morgan fingerprint density at radius 3 is 1.83 bits per heavy atom. The predicted octanol–water partition coefficient (Wildman–Crippen LogP) is 2.37. The molecule has 1 aromatic rings. The average Bonchev–Trinajstić information content (AvgIpc) is 2.33. The van der Waals surface area contributed by atoms with Crippen LogP contribution in [0.2, 0.25) is 0 Å². The zero-order valence-corrected chi connectivity index (χ0v) is 8.94. The van der Waals surface area contributed by atoms with E-state index in [-0.39, 0.29) is 0 Å². The molecule has 3 nitrogen and oxygen atoms in total. The fourth-order valence-electron chi connectivity index (χ4n) is 1.06. The number of hydrogen-bond acceptors (Lipinski definition) is 2. The lowest BCUT2D eigenvalue weighted by atomic mass is 10.2. The summed E-state index contributed by atoms with van der Waals surface area (Å²) < 4.78 is 68.8. The number of halogens is 5. The molecule has 0 radical (unpaired) electrons. The lowest BCUT2D eigenvalue weighted by Crippen LogP contribution is -2.20. The third-order valence-electron chi connectivity index (χ3n) is 2.13. The third kappa shape index (κ3) is 2.58. The summed E-state index contributed by atoms with van der Waals surface area (Å²) in [5, 5.41) is 8.43. The van der Waals surface area contributed by atoms with Crippen molar-refractivity contribution in [2.75, 3.05) is 0 Å². The molecular weight excluding hydrogens is 263 g/mol. The summed E-state index contributed by atoms with van der Waals surface area (Å²) in [5.41, 5.74) is -1.21. The minimum absolute atomic E-state index is 1.04. The number of hydrogen-bond donors (Lipinski definition) is 1. The molecule has 0 bridgehead atoms. The van der Waals surface area contributed by atoms with Crippen LogP contribution in [0.5, 0.6) is 0 Å². The van der Waals surface area contributed by atoms with Crippen molar-refractivity contribution in [2.45, 2.75) is 19.6 Å². The number of carboxylic acid groups (broad SMARTS) is 1. The highest BCUT2D eigenvalue weighted by atomic mass is 19.2. The Morgan fingerprint density at radius 2 is 1.44 bits per heavy atom. The summed E-state index contributed by atoms with van der Waals surface area (Å²) >= 11 is 0. The van der Waals surface area contributed by atoms with E-state index < -0.39 is 53.3 Å². The summed E-state index contributed by atoms with van der Waals surface area (Å²) in [6, 6.07) is 0. The monoisotopic (exact) mass is 270 g/mol. The lowest BCUT2D eigenvalue weighted by Gasteiger charge is -2.11. The summed E-state index contributed by atoms with van der Waals surface area (Å²) in [5.74, 6) is -12.0. The van der Waals surface area contributed by atoms with Crippen LogP contribution < -0.4 is 0 Å². The molecule has 1 N–H and O–H groups in total. The van der Waals surface area contributed by atoms with Gasteiger partial charge in [-0.05, 0) is 6.92 Å². The van der Waals surface area contributed by atoms with E-state index in [9.17, 15) is 26.7 Å². The number of rotatable bonds is 4. The minimum Gasteiger partial charge on any atom is -0.479 e. The zero-order valence-electron chi connectivity index (χ0n) is 8.94. The number of carboxylic acids is 1. The van der Waals surface area contributed by atoms with Gasteiger partial charge >= 0.3 is 5.97 Å². The van der Waals surface area contributed by atoms with Gasteiger partial charge in [-0.3, -0.25) is 0 Å². The van der Waals surface area contributed by atoms with Crippen LogP contribution in [0.25, 0.3) is 0 Å². The summed E-state index contributed by atoms with van der Waals surface area (Å²) in [6.45, 7) is 0.00757. The number of carbonyl (C=O) groups is 1. The Kier molecular flexibility index (Phi) is 4.23. The van der Waals surface area contributed by atoms with Crippen LogP contribution in [0.3, 0.4) is 0 Å². The van der Waals surface area contributed by atoms with Crippen LogP contribution in [-0.4, -0.2) is 17.2 Å². The van der Waals surface area contributed by atoms with Crippen LogP contribution in [0.4, 0.5) is 22.0 Å². The number of aliphatic carboxylic acids is 1. The second kappa shape index (κ2) is 5.30. The molecule has 1 unspecified atom stereocenters. The number of ether oxygens (including phenoxy) is 1. The Hall–Kier alpha value is -1.70. The first-order valence-corrected chi connectivity index (χ1v) is 4.62. The van der Waals surface area contributed by atoms with Crippen molar-refractivity contribution in [1.82, 2.24) is 0 Å². The van der Waals surface area contributed by atoms with Crippen molar-refractivity contribution in [3.05, 3.63) is 34.6 Å².